The number of H-pyrrole nitrogens is 1. The third-order valence-corrected chi connectivity index (χ3v) is 8.92. The highest BCUT2D eigenvalue weighted by atomic mass is 32.2. The van der Waals surface area contributed by atoms with Gasteiger partial charge < -0.3 is 15.2 Å². The van der Waals surface area contributed by atoms with Gasteiger partial charge in [-0.05, 0) is 74.1 Å². The van der Waals surface area contributed by atoms with E-state index in [2.05, 4.69) is 15.3 Å². The van der Waals surface area contributed by atoms with Crippen molar-refractivity contribution in [1.29, 1.82) is 0 Å². The molecule has 2 aliphatic rings. The highest BCUT2D eigenvalue weighted by Crippen LogP contribution is 2.31. The van der Waals surface area contributed by atoms with Crippen LogP contribution in [0.25, 0.3) is 11.0 Å². The number of imidazole rings is 1. The molecule has 0 spiro atoms. The first kappa shape index (κ1) is 24.5. The van der Waals surface area contributed by atoms with Crippen molar-refractivity contribution in [3.63, 3.8) is 0 Å². The second-order valence-corrected chi connectivity index (χ2v) is 11.6. The monoisotopic (exact) mass is 509 g/mol. The van der Waals surface area contributed by atoms with Crippen LogP contribution in [-0.2, 0) is 32.6 Å². The van der Waals surface area contributed by atoms with Crippen molar-refractivity contribution in [2.75, 3.05) is 24.5 Å². The van der Waals surface area contributed by atoms with Crippen molar-refractivity contribution in [1.82, 2.24) is 19.6 Å². The second kappa shape index (κ2) is 9.67. The number of carbonyl (C=O) groups excluding carboxylic acids is 2. The van der Waals surface area contributed by atoms with Gasteiger partial charge in [-0.1, -0.05) is 6.07 Å². The zero-order valence-electron chi connectivity index (χ0n) is 20.6. The number of benzene rings is 2. The number of nitrogens with one attached hydrogen (secondary N) is 2. The van der Waals surface area contributed by atoms with E-state index in [9.17, 15) is 18.0 Å². The predicted octanol–water partition coefficient (Wildman–Crippen LogP) is 2.89. The third kappa shape index (κ3) is 4.75. The van der Waals surface area contributed by atoms with Gasteiger partial charge in [-0.3, -0.25) is 9.59 Å². The zero-order chi connectivity index (χ0) is 25.4. The maximum atomic E-state index is 13.5. The Morgan fingerprint density at radius 3 is 2.78 bits per heavy atom. The quantitative estimate of drug-likeness (QED) is 0.549. The molecule has 1 atom stereocenters. The van der Waals surface area contributed by atoms with Crippen LogP contribution in [-0.4, -0.2) is 54.1 Å². The van der Waals surface area contributed by atoms with Crippen LogP contribution < -0.4 is 10.2 Å². The summed E-state index contributed by atoms with van der Waals surface area (Å²) < 4.78 is 28.3. The first-order valence-electron chi connectivity index (χ1n) is 12.4. The topological polar surface area (TPSA) is 115 Å². The highest BCUT2D eigenvalue weighted by Gasteiger charge is 2.34. The summed E-state index contributed by atoms with van der Waals surface area (Å²) in [5.41, 5.74) is 4.54. The average Bonchev–Trinajstić information content (AvgIpc) is 3.28. The van der Waals surface area contributed by atoms with Gasteiger partial charge in [0.05, 0.1) is 28.4 Å². The molecule has 0 saturated carbocycles. The summed E-state index contributed by atoms with van der Waals surface area (Å²) in [6, 6.07) is 10.9. The van der Waals surface area contributed by atoms with Gasteiger partial charge in [0.1, 0.15) is 5.82 Å². The van der Waals surface area contributed by atoms with E-state index in [-0.39, 0.29) is 29.8 Å². The number of aryl methyl sites for hydroxylation is 2. The zero-order valence-corrected chi connectivity index (χ0v) is 21.4. The fraction of sp³-hybridized carbons (Fsp3) is 0.423. The molecule has 2 amide bonds. The summed E-state index contributed by atoms with van der Waals surface area (Å²) in [5.74, 6) is 0.0205. The maximum absolute atomic E-state index is 13.5. The third-order valence-electron chi connectivity index (χ3n) is 7.06. The number of piperidine rings is 1. The number of fused-ring (bicyclic) bond motifs is 2. The molecule has 1 fully saturated rings. The van der Waals surface area contributed by atoms with Crippen LogP contribution in [0, 0.1) is 12.8 Å². The van der Waals surface area contributed by atoms with Crippen molar-refractivity contribution in [3.05, 3.63) is 53.3 Å². The summed E-state index contributed by atoms with van der Waals surface area (Å²) >= 11 is 0. The van der Waals surface area contributed by atoms with Gasteiger partial charge in [0.15, 0.2) is 0 Å². The van der Waals surface area contributed by atoms with Crippen molar-refractivity contribution < 1.29 is 18.0 Å². The summed E-state index contributed by atoms with van der Waals surface area (Å²) in [6.45, 7) is 4.96. The number of hydrogen-bond acceptors (Lipinski definition) is 5. The smallest absolute Gasteiger partial charge is 0.243 e. The standard InChI is InChI=1S/C26H31N5O4S/c1-17-7-9-22-23(13-17)29-25(28-22)15-27-26(33)20-6-3-11-30(16-20)36(34,35)21-8-10-24-19(14-21)5-4-12-31(24)18(2)32/h7-10,13-14,20H,3-6,11-12,15-16H2,1-2H3,(H,27,33)(H,28,29). The van der Waals surface area contributed by atoms with Crippen LogP contribution in [0.2, 0.25) is 0 Å². The summed E-state index contributed by atoms with van der Waals surface area (Å²) in [4.78, 5) is 34.5. The molecule has 0 aliphatic carbocycles. The van der Waals surface area contributed by atoms with Crippen LogP contribution >= 0.6 is 0 Å². The van der Waals surface area contributed by atoms with Crippen LogP contribution in [0.15, 0.2) is 41.3 Å². The number of rotatable bonds is 5. The number of aromatic amines is 1. The fourth-order valence-electron chi connectivity index (χ4n) is 5.16. The molecular weight excluding hydrogens is 478 g/mol. The molecule has 1 saturated heterocycles. The van der Waals surface area contributed by atoms with Gasteiger partial charge in [0.25, 0.3) is 0 Å². The lowest BCUT2D eigenvalue weighted by Gasteiger charge is -2.32. The van der Waals surface area contributed by atoms with E-state index in [4.69, 9.17) is 0 Å². The van der Waals surface area contributed by atoms with Crippen LogP contribution in [0.5, 0.6) is 0 Å². The van der Waals surface area contributed by atoms with Gasteiger partial charge >= 0.3 is 0 Å². The van der Waals surface area contributed by atoms with Crippen LogP contribution in [0.1, 0.15) is 43.1 Å². The molecular formula is C26H31N5O4S. The first-order chi connectivity index (χ1) is 17.2. The molecule has 10 heteroatoms. The fourth-order valence-corrected chi connectivity index (χ4v) is 6.74. The molecule has 190 valence electrons. The number of amides is 2. The number of anilines is 1. The molecule has 36 heavy (non-hydrogen) atoms. The van der Waals surface area contributed by atoms with Crippen LogP contribution in [0.4, 0.5) is 5.69 Å². The largest absolute Gasteiger partial charge is 0.349 e. The van der Waals surface area contributed by atoms with E-state index < -0.39 is 15.9 Å². The molecule has 2 N–H and O–H groups in total. The summed E-state index contributed by atoms with van der Waals surface area (Å²) in [5, 5.41) is 2.92. The van der Waals surface area contributed by atoms with E-state index in [0.717, 1.165) is 40.7 Å². The van der Waals surface area contributed by atoms with Crippen molar-refractivity contribution in [3.8, 4) is 0 Å². The Kier molecular flexibility index (Phi) is 6.57. The Balaban J connectivity index is 1.26. The lowest BCUT2D eigenvalue weighted by atomic mass is 9.99. The van der Waals surface area contributed by atoms with E-state index in [0.29, 0.717) is 31.8 Å². The lowest BCUT2D eigenvalue weighted by Crippen LogP contribution is -2.45. The lowest BCUT2D eigenvalue weighted by molar-refractivity contribution is -0.126. The Hall–Kier alpha value is -3.24. The maximum Gasteiger partial charge on any atom is 0.243 e. The Bertz CT molecular complexity index is 1430. The Morgan fingerprint density at radius 1 is 1.14 bits per heavy atom. The molecule has 2 aliphatic heterocycles. The van der Waals surface area contributed by atoms with E-state index >= 15 is 0 Å². The van der Waals surface area contributed by atoms with Gasteiger partial charge in [0.2, 0.25) is 21.8 Å². The SMILES string of the molecule is CC(=O)N1CCCc2cc(S(=O)(=O)N3CCCC(C(=O)NCc4nc5ccc(C)cc5[nH]4)C3)ccc21. The summed E-state index contributed by atoms with van der Waals surface area (Å²) in [7, 11) is -3.76. The van der Waals surface area contributed by atoms with E-state index in [1.54, 1.807) is 23.1 Å². The first-order valence-corrected chi connectivity index (χ1v) is 13.8. The molecule has 3 heterocycles. The minimum absolute atomic E-state index is 0.0470. The second-order valence-electron chi connectivity index (χ2n) is 9.69. The van der Waals surface area contributed by atoms with Crippen LogP contribution in [0.3, 0.4) is 0 Å². The summed E-state index contributed by atoms with van der Waals surface area (Å²) in [6.07, 6.45) is 2.78. The number of hydrogen-bond donors (Lipinski definition) is 2. The van der Waals surface area contributed by atoms with Crippen molar-refractivity contribution in [2.45, 2.75) is 51.0 Å². The Labute approximate surface area is 210 Å². The molecule has 1 unspecified atom stereocenters. The molecule has 5 rings (SSSR count). The molecule has 9 nitrogen and oxygen atoms in total. The van der Waals surface area contributed by atoms with Gasteiger partial charge in [-0.15, -0.1) is 0 Å². The molecule has 2 aromatic carbocycles. The Morgan fingerprint density at radius 2 is 1.97 bits per heavy atom. The molecule has 0 bridgehead atoms. The number of nitrogens with zero attached hydrogens (tertiary/aromatic N) is 3. The molecule has 0 radical (unpaired) electrons. The molecule has 3 aromatic rings. The van der Waals surface area contributed by atoms with Crippen molar-refractivity contribution in [2.24, 2.45) is 5.92 Å². The van der Waals surface area contributed by atoms with Gasteiger partial charge in [0, 0.05) is 32.2 Å². The minimum atomic E-state index is -3.76. The van der Waals surface area contributed by atoms with Gasteiger partial charge in [-0.25, -0.2) is 13.4 Å². The predicted molar refractivity (Wildman–Crippen MR) is 137 cm³/mol. The normalized spacial score (nSPS) is 18.7. The van der Waals surface area contributed by atoms with E-state index in [1.807, 2.05) is 25.1 Å². The van der Waals surface area contributed by atoms with Crippen molar-refractivity contribution >= 4 is 38.6 Å². The number of aromatic nitrogens is 2. The highest BCUT2D eigenvalue weighted by molar-refractivity contribution is 7.89. The average molecular weight is 510 g/mol. The van der Waals surface area contributed by atoms with E-state index in [1.165, 1.54) is 11.2 Å². The number of carbonyl (C=O) groups is 2. The van der Waals surface area contributed by atoms with Gasteiger partial charge in [-0.2, -0.15) is 4.31 Å². The molecule has 1 aromatic heterocycles. The number of sulfonamides is 1. The minimum Gasteiger partial charge on any atom is -0.349 e.